The first kappa shape index (κ1) is 14.7. The number of aromatic hydroxyl groups is 1. The molecule has 1 heterocycles. The van der Waals surface area contributed by atoms with Crippen LogP contribution in [0.3, 0.4) is 0 Å². The highest BCUT2D eigenvalue weighted by Crippen LogP contribution is 2.30. The maximum atomic E-state index is 9.94. The molecule has 108 valence electrons. The van der Waals surface area contributed by atoms with E-state index in [1.165, 1.54) is 0 Å². The van der Waals surface area contributed by atoms with Crippen molar-refractivity contribution in [2.24, 2.45) is 0 Å². The Morgan fingerprint density at radius 2 is 2.05 bits per heavy atom. The molecule has 0 saturated heterocycles. The van der Waals surface area contributed by atoms with E-state index in [1.807, 2.05) is 30.3 Å². The van der Waals surface area contributed by atoms with Gasteiger partial charge in [0.25, 0.3) is 0 Å². The van der Waals surface area contributed by atoms with Crippen LogP contribution in [0.15, 0.2) is 36.4 Å². The fourth-order valence-electron chi connectivity index (χ4n) is 2.43. The maximum Gasteiger partial charge on any atom is 0.141 e. The molecule has 0 bridgehead atoms. The van der Waals surface area contributed by atoms with Crippen molar-refractivity contribution in [1.82, 2.24) is 9.55 Å². The summed E-state index contributed by atoms with van der Waals surface area (Å²) < 4.78 is 3.00. The molecule has 1 aromatic heterocycles. The van der Waals surface area contributed by atoms with Gasteiger partial charge in [-0.3, -0.25) is 0 Å². The molecule has 0 radical (unpaired) electrons. The van der Waals surface area contributed by atoms with Crippen LogP contribution in [-0.4, -0.2) is 14.7 Å². The average Bonchev–Trinajstić information content (AvgIpc) is 2.80. The minimum atomic E-state index is 0.279. The van der Waals surface area contributed by atoms with E-state index in [9.17, 15) is 5.11 Å². The Morgan fingerprint density at radius 3 is 2.76 bits per heavy atom. The summed E-state index contributed by atoms with van der Waals surface area (Å²) in [6, 6.07) is 11.4. The van der Waals surface area contributed by atoms with Crippen LogP contribution in [0.1, 0.15) is 13.3 Å². The van der Waals surface area contributed by atoms with Crippen molar-refractivity contribution in [3.05, 3.63) is 45.0 Å². The third-order valence-corrected chi connectivity index (χ3v) is 4.51. The van der Waals surface area contributed by atoms with Gasteiger partial charge in [0, 0.05) is 17.1 Å². The number of halogens is 2. The molecule has 0 unspecified atom stereocenters. The lowest BCUT2D eigenvalue weighted by atomic mass is 10.2. The van der Waals surface area contributed by atoms with Crippen LogP contribution in [0.4, 0.5) is 0 Å². The minimum Gasteiger partial charge on any atom is -0.507 e. The van der Waals surface area contributed by atoms with Gasteiger partial charge in [0.1, 0.15) is 11.6 Å². The number of hydrogen-bond donors (Lipinski definition) is 1. The van der Waals surface area contributed by atoms with Gasteiger partial charge >= 0.3 is 0 Å². The zero-order valence-electron chi connectivity index (χ0n) is 11.5. The Morgan fingerprint density at radius 1 is 1.24 bits per heavy atom. The lowest BCUT2D eigenvalue weighted by Gasteiger charge is -2.08. The molecule has 21 heavy (non-hydrogen) atoms. The second-order valence-corrected chi connectivity index (χ2v) is 6.48. The van der Waals surface area contributed by atoms with Gasteiger partial charge in [0.2, 0.25) is 0 Å². The van der Waals surface area contributed by atoms with Gasteiger partial charge in [-0.05, 0) is 65.4 Å². The number of nitrogens with zero attached hydrogens (tertiary/aromatic N) is 2. The Kier molecular flexibility index (Phi) is 4.08. The fourth-order valence-corrected chi connectivity index (χ4v) is 2.93. The summed E-state index contributed by atoms with van der Waals surface area (Å²) in [4.78, 5) is 4.70. The highest BCUT2D eigenvalue weighted by molar-refractivity contribution is 14.1. The Balaban J connectivity index is 2.24. The minimum absolute atomic E-state index is 0.279. The predicted octanol–water partition coefficient (Wildman–Crippen LogP) is 5.08. The molecule has 5 heteroatoms. The average molecular weight is 413 g/mol. The smallest absolute Gasteiger partial charge is 0.141 e. The summed E-state index contributed by atoms with van der Waals surface area (Å²) in [5, 5.41) is 10.6. The highest BCUT2D eigenvalue weighted by Gasteiger charge is 2.13. The molecule has 0 aliphatic rings. The van der Waals surface area contributed by atoms with Crippen molar-refractivity contribution in [3.63, 3.8) is 0 Å². The molecule has 0 aliphatic carbocycles. The molecule has 0 spiro atoms. The Labute approximate surface area is 141 Å². The number of imidazole rings is 1. The van der Waals surface area contributed by atoms with Crippen molar-refractivity contribution in [3.8, 4) is 17.1 Å². The summed E-state index contributed by atoms with van der Waals surface area (Å²) in [5.41, 5.74) is 2.85. The van der Waals surface area contributed by atoms with Crippen molar-refractivity contribution in [2.45, 2.75) is 19.9 Å². The number of aromatic nitrogens is 2. The molecular weight excluding hydrogens is 399 g/mol. The molecular formula is C16H14ClIN2O. The zero-order chi connectivity index (χ0) is 15.0. The summed E-state index contributed by atoms with van der Waals surface area (Å²) in [7, 11) is 0. The van der Waals surface area contributed by atoms with E-state index in [0.717, 1.165) is 39.0 Å². The third kappa shape index (κ3) is 2.74. The molecule has 3 nitrogen and oxygen atoms in total. The monoisotopic (exact) mass is 412 g/mol. The van der Waals surface area contributed by atoms with Crippen molar-refractivity contribution >= 4 is 45.2 Å². The quantitative estimate of drug-likeness (QED) is 0.609. The standard InChI is InChI=1S/C16H14ClIN2O/c1-2-7-20-14-6-4-11(17)9-13(14)19-16(20)10-3-5-12(18)15(21)8-10/h3-6,8-9,21H,2,7H2,1H3. The molecule has 0 fully saturated rings. The predicted molar refractivity (Wildman–Crippen MR) is 94.9 cm³/mol. The van der Waals surface area contributed by atoms with Crippen LogP contribution in [-0.2, 0) is 6.54 Å². The van der Waals surface area contributed by atoms with E-state index in [0.29, 0.717) is 5.02 Å². The van der Waals surface area contributed by atoms with Crippen LogP contribution in [0.2, 0.25) is 5.02 Å². The maximum absolute atomic E-state index is 9.94. The second-order valence-electron chi connectivity index (χ2n) is 4.89. The van der Waals surface area contributed by atoms with Crippen molar-refractivity contribution in [1.29, 1.82) is 0 Å². The molecule has 3 aromatic rings. The zero-order valence-corrected chi connectivity index (χ0v) is 14.4. The van der Waals surface area contributed by atoms with Crippen LogP contribution < -0.4 is 0 Å². The highest BCUT2D eigenvalue weighted by atomic mass is 127. The Bertz CT molecular complexity index is 813. The van der Waals surface area contributed by atoms with E-state index < -0.39 is 0 Å². The van der Waals surface area contributed by atoms with Crippen molar-refractivity contribution in [2.75, 3.05) is 0 Å². The fraction of sp³-hybridized carbons (Fsp3) is 0.188. The topological polar surface area (TPSA) is 38.0 Å². The van der Waals surface area contributed by atoms with Gasteiger partial charge in [-0.1, -0.05) is 18.5 Å². The largest absolute Gasteiger partial charge is 0.507 e. The van der Waals surface area contributed by atoms with Gasteiger partial charge in [-0.2, -0.15) is 0 Å². The van der Waals surface area contributed by atoms with Gasteiger partial charge in [0.05, 0.1) is 14.6 Å². The summed E-state index contributed by atoms with van der Waals surface area (Å²) in [6.45, 7) is 3.01. The first-order valence-electron chi connectivity index (χ1n) is 6.75. The molecule has 0 atom stereocenters. The van der Waals surface area contributed by atoms with E-state index in [1.54, 1.807) is 6.07 Å². The lowest BCUT2D eigenvalue weighted by Crippen LogP contribution is -1.99. The molecule has 2 aromatic carbocycles. The number of hydrogen-bond acceptors (Lipinski definition) is 2. The normalized spacial score (nSPS) is 11.2. The van der Waals surface area contributed by atoms with Gasteiger partial charge in [-0.15, -0.1) is 0 Å². The van der Waals surface area contributed by atoms with E-state index in [-0.39, 0.29) is 5.75 Å². The van der Waals surface area contributed by atoms with Crippen LogP contribution >= 0.6 is 34.2 Å². The van der Waals surface area contributed by atoms with E-state index in [2.05, 4.69) is 34.1 Å². The first-order valence-corrected chi connectivity index (χ1v) is 8.20. The van der Waals surface area contributed by atoms with Crippen molar-refractivity contribution < 1.29 is 5.11 Å². The summed E-state index contributed by atoms with van der Waals surface area (Å²) in [6.07, 6.45) is 1.01. The van der Waals surface area contributed by atoms with Crippen LogP contribution in [0.5, 0.6) is 5.75 Å². The summed E-state index contributed by atoms with van der Waals surface area (Å²) >= 11 is 8.17. The molecule has 1 N–H and O–H groups in total. The van der Waals surface area contributed by atoms with Crippen LogP contribution in [0.25, 0.3) is 22.4 Å². The van der Waals surface area contributed by atoms with E-state index in [4.69, 9.17) is 16.6 Å². The SMILES string of the molecule is CCCn1c(-c2ccc(I)c(O)c2)nc2cc(Cl)ccc21. The molecule has 3 rings (SSSR count). The van der Waals surface area contributed by atoms with Crippen LogP contribution in [0, 0.1) is 3.57 Å². The number of phenols is 1. The molecule has 0 aliphatic heterocycles. The Hall–Kier alpha value is -1.27. The number of rotatable bonds is 3. The van der Waals surface area contributed by atoms with Gasteiger partial charge in [0.15, 0.2) is 0 Å². The number of aryl methyl sites for hydroxylation is 1. The number of benzene rings is 2. The lowest BCUT2D eigenvalue weighted by molar-refractivity contribution is 0.471. The molecule has 0 amide bonds. The first-order chi connectivity index (χ1) is 10.1. The van der Waals surface area contributed by atoms with Gasteiger partial charge in [-0.25, -0.2) is 4.98 Å². The number of fused-ring (bicyclic) bond motifs is 1. The van der Waals surface area contributed by atoms with E-state index >= 15 is 0 Å². The third-order valence-electron chi connectivity index (χ3n) is 3.36. The molecule has 0 saturated carbocycles. The second kappa shape index (κ2) is 5.85. The van der Waals surface area contributed by atoms with Gasteiger partial charge < -0.3 is 9.67 Å². The summed E-state index contributed by atoms with van der Waals surface area (Å²) in [5.74, 6) is 1.14. The number of phenolic OH excluding ortho intramolecular Hbond substituents is 1.